The van der Waals surface area contributed by atoms with Crippen molar-refractivity contribution >= 4 is 11.4 Å². The van der Waals surface area contributed by atoms with Crippen LogP contribution >= 0.6 is 0 Å². The minimum absolute atomic E-state index is 0.233. The van der Waals surface area contributed by atoms with Crippen molar-refractivity contribution in [3.8, 4) is 16.9 Å². The van der Waals surface area contributed by atoms with Gasteiger partial charge in [0.15, 0.2) is 0 Å². The largest absolute Gasteiger partial charge is 0.507 e. The van der Waals surface area contributed by atoms with E-state index >= 15 is 0 Å². The topological polar surface area (TPSA) is 72.3 Å². The summed E-state index contributed by atoms with van der Waals surface area (Å²) in [6, 6.07) is 10.7. The minimum Gasteiger partial charge on any atom is -0.507 e. The maximum Gasteiger partial charge on any atom is 0.123 e. The molecule has 2 aromatic carbocycles. The van der Waals surface area contributed by atoms with Crippen molar-refractivity contribution in [1.82, 2.24) is 0 Å². The van der Waals surface area contributed by atoms with Crippen molar-refractivity contribution in [2.24, 2.45) is 0 Å². The number of phenols is 1. The highest BCUT2D eigenvalue weighted by Crippen LogP contribution is 2.36. The molecule has 16 heavy (non-hydrogen) atoms. The van der Waals surface area contributed by atoms with Crippen LogP contribution in [0.1, 0.15) is 5.56 Å². The zero-order valence-corrected chi connectivity index (χ0v) is 9.07. The minimum atomic E-state index is 0.233. The third kappa shape index (κ3) is 1.67. The third-order valence-corrected chi connectivity index (χ3v) is 2.60. The van der Waals surface area contributed by atoms with Crippen molar-refractivity contribution in [3.63, 3.8) is 0 Å². The second kappa shape index (κ2) is 3.77. The number of phenolic OH excluding ortho intramolecular Hbond substituents is 1. The van der Waals surface area contributed by atoms with E-state index in [1.165, 1.54) is 0 Å². The molecule has 0 fully saturated rings. The fraction of sp³-hybridized carbons (Fsp3) is 0.0769. The van der Waals surface area contributed by atoms with Crippen LogP contribution in [-0.4, -0.2) is 5.11 Å². The number of anilines is 2. The number of aryl methyl sites for hydroxylation is 1. The van der Waals surface area contributed by atoms with E-state index in [9.17, 15) is 5.11 Å². The molecule has 2 aromatic rings. The number of benzene rings is 2. The average molecular weight is 214 g/mol. The lowest BCUT2D eigenvalue weighted by Crippen LogP contribution is -1.94. The van der Waals surface area contributed by atoms with E-state index in [1.807, 2.05) is 25.1 Å². The van der Waals surface area contributed by atoms with Crippen molar-refractivity contribution in [1.29, 1.82) is 0 Å². The highest BCUT2D eigenvalue weighted by Gasteiger charge is 2.10. The van der Waals surface area contributed by atoms with Crippen LogP contribution in [0.15, 0.2) is 36.4 Å². The summed E-state index contributed by atoms with van der Waals surface area (Å²) in [7, 11) is 0. The Labute approximate surface area is 94.3 Å². The van der Waals surface area contributed by atoms with E-state index in [0.29, 0.717) is 11.4 Å². The molecule has 0 aliphatic heterocycles. The van der Waals surface area contributed by atoms with Gasteiger partial charge in [-0.05, 0) is 30.7 Å². The van der Waals surface area contributed by atoms with Gasteiger partial charge in [-0.1, -0.05) is 18.2 Å². The zero-order chi connectivity index (χ0) is 11.7. The van der Waals surface area contributed by atoms with Crippen molar-refractivity contribution in [2.75, 3.05) is 11.5 Å². The Balaban J connectivity index is 2.68. The first-order valence-corrected chi connectivity index (χ1v) is 5.03. The summed E-state index contributed by atoms with van der Waals surface area (Å²) < 4.78 is 0. The molecule has 0 saturated heterocycles. The molecule has 0 bridgehead atoms. The van der Waals surface area contributed by atoms with Gasteiger partial charge in [0.2, 0.25) is 0 Å². The van der Waals surface area contributed by atoms with Crippen molar-refractivity contribution in [3.05, 3.63) is 42.0 Å². The van der Waals surface area contributed by atoms with Crippen LogP contribution in [0, 0.1) is 6.92 Å². The molecule has 82 valence electrons. The van der Waals surface area contributed by atoms with Gasteiger partial charge in [-0.25, -0.2) is 0 Å². The molecule has 0 aliphatic carbocycles. The van der Waals surface area contributed by atoms with Gasteiger partial charge in [0.05, 0.1) is 0 Å². The Hall–Kier alpha value is -2.16. The van der Waals surface area contributed by atoms with Crippen LogP contribution in [0.25, 0.3) is 11.1 Å². The first-order valence-electron chi connectivity index (χ1n) is 5.03. The lowest BCUT2D eigenvalue weighted by molar-refractivity contribution is 0.477. The molecule has 0 spiro atoms. The van der Waals surface area contributed by atoms with Gasteiger partial charge in [-0.2, -0.15) is 0 Å². The number of nitrogens with two attached hydrogens (primary N) is 2. The van der Waals surface area contributed by atoms with E-state index in [2.05, 4.69) is 0 Å². The second-order valence-electron chi connectivity index (χ2n) is 3.82. The van der Waals surface area contributed by atoms with Gasteiger partial charge in [0.25, 0.3) is 0 Å². The maximum atomic E-state index is 9.85. The quantitative estimate of drug-likeness (QED) is 0.639. The summed E-state index contributed by atoms with van der Waals surface area (Å²) in [6.07, 6.45) is 0. The fourth-order valence-electron chi connectivity index (χ4n) is 1.81. The van der Waals surface area contributed by atoms with Crippen LogP contribution < -0.4 is 11.5 Å². The monoisotopic (exact) mass is 214 g/mol. The molecule has 0 amide bonds. The van der Waals surface area contributed by atoms with Gasteiger partial charge in [0.1, 0.15) is 5.75 Å². The summed E-state index contributed by atoms with van der Waals surface area (Å²) in [6.45, 7) is 1.94. The molecule has 0 heterocycles. The van der Waals surface area contributed by atoms with E-state index in [-0.39, 0.29) is 5.75 Å². The van der Waals surface area contributed by atoms with Crippen LogP contribution in [-0.2, 0) is 0 Å². The number of hydrogen-bond acceptors (Lipinski definition) is 3. The third-order valence-electron chi connectivity index (χ3n) is 2.60. The summed E-state index contributed by atoms with van der Waals surface area (Å²) in [5.41, 5.74) is 15.3. The molecule has 0 unspecified atom stereocenters. The number of hydrogen-bond donors (Lipinski definition) is 3. The smallest absolute Gasteiger partial charge is 0.123 e. The second-order valence-corrected chi connectivity index (χ2v) is 3.82. The summed E-state index contributed by atoms with van der Waals surface area (Å²) >= 11 is 0. The normalized spacial score (nSPS) is 10.3. The average Bonchev–Trinajstić information content (AvgIpc) is 2.20. The van der Waals surface area contributed by atoms with Crippen LogP contribution in [0.2, 0.25) is 0 Å². The molecule has 2 rings (SSSR count). The Morgan fingerprint density at radius 2 is 1.81 bits per heavy atom. The maximum absolute atomic E-state index is 9.85. The highest BCUT2D eigenvalue weighted by atomic mass is 16.3. The van der Waals surface area contributed by atoms with Crippen molar-refractivity contribution in [2.45, 2.75) is 6.92 Å². The van der Waals surface area contributed by atoms with E-state index in [4.69, 9.17) is 11.5 Å². The molecule has 0 radical (unpaired) electrons. The summed E-state index contributed by atoms with van der Waals surface area (Å²) in [4.78, 5) is 0. The first-order chi connectivity index (χ1) is 7.59. The number of rotatable bonds is 1. The predicted octanol–water partition coefficient (Wildman–Crippen LogP) is 2.53. The molecule has 0 aromatic heterocycles. The molecule has 5 N–H and O–H groups in total. The summed E-state index contributed by atoms with van der Waals surface area (Å²) in [5, 5.41) is 9.85. The zero-order valence-electron chi connectivity index (χ0n) is 9.07. The van der Waals surface area contributed by atoms with E-state index in [0.717, 1.165) is 16.7 Å². The lowest BCUT2D eigenvalue weighted by Gasteiger charge is -2.11. The first kappa shape index (κ1) is 10.4. The molecule has 0 aliphatic rings. The summed E-state index contributed by atoms with van der Waals surface area (Å²) in [5.74, 6) is 0.233. The van der Waals surface area contributed by atoms with E-state index < -0.39 is 0 Å². The molecule has 0 atom stereocenters. The highest BCUT2D eigenvalue weighted by molar-refractivity contribution is 5.84. The van der Waals surface area contributed by atoms with Gasteiger partial charge in [0, 0.05) is 22.5 Å². The molecule has 3 nitrogen and oxygen atoms in total. The van der Waals surface area contributed by atoms with Gasteiger partial charge < -0.3 is 16.6 Å². The van der Waals surface area contributed by atoms with Gasteiger partial charge in [-0.15, -0.1) is 0 Å². The molecule has 0 saturated carbocycles. The van der Waals surface area contributed by atoms with Gasteiger partial charge in [-0.3, -0.25) is 0 Å². The van der Waals surface area contributed by atoms with E-state index in [1.54, 1.807) is 18.2 Å². The Morgan fingerprint density at radius 3 is 2.44 bits per heavy atom. The van der Waals surface area contributed by atoms with Crippen LogP contribution in [0.5, 0.6) is 5.75 Å². The Morgan fingerprint density at radius 1 is 1.06 bits per heavy atom. The fourth-order valence-corrected chi connectivity index (χ4v) is 1.81. The van der Waals surface area contributed by atoms with Gasteiger partial charge >= 0.3 is 0 Å². The molecular formula is C13H14N2O. The number of aromatic hydroxyl groups is 1. The Bertz CT molecular complexity index is 515. The lowest BCUT2D eigenvalue weighted by atomic mass is 9.98. The van der Waals surface area contributed by atoms with Crippen molar-refractivity contribution < 1.29 is 5.11 Å². The Kier molecular flexibility index (Phi) is 2.44. The molecule has 3 heteroatoms. The van der Waals surface area contributed by atoms with Crippen LogP contribution in [0.3, 0.4) is 0 Å². The number of nitrogen functional groups attached to an aromatic ring is 2. The SMILES string of the molecule is Cc1cccc(O)c1-c1ccc(N)cc1N. The standard InChI is InChI=1S/C13H14N2O/c1-8-3-2-4-12(16)13(8)10-6-5-9(14)7-11(10)15/h2-7,16H,14-15H2,1H3. The molecular weight excluding hydrogens is 200 g/mol. The predicted molar refractivity (Wildman–Crippen MR) is 67.1 cm³/mol. The van der Waals surface area contributed by atoms with Crippen LogP contribution in [0.4, 0.5) is 11.4 Å².